The minimum atomic E-state index is -0.306. The van der Waals surface area contributed by atoms with Gasteiger partial charge in [-0.05, 0) is 12.1 Å². The molecule has 1 aliphatic heterocycles. The summed E-state index contributed by atoms with van der Waals surface area (Å²) in [4.78, 5) is 27.3. The van der Waals surface area contributed by atoms with Crippen LogP contribution in [0.5, 0.6) is 11.5 Å². The predicted molar refractivity (Wildman–Crippen MR) is 78.7 cm³/mol. The minimum absolute atomic E-state index is 0.0293. The van der Waals surface area contributed by atoms with Gasteiger partial charge in [0.25, 0.3) is 0 Å². The highest BCUT2D eigenvalue weighted by Crippen LogP contribution is 2.35. The van der Waals surface area contributed by atoms with Crippen molar-refractivity contribution in [3.63, 3.8) is 0 Å². The largest absolute Gasteiger partial charge is 0.497 e. The lowest BCUT2D eigenvalue weighted by molar-refractivity contribution is -0.133. The molecule has 1 aromatic carbocycles. The number of hydrogen-bond donors (Lipinski definition) is 0. The molecule has 0 radical (unpaired) electrons. The molecule has 0 aliphatic carbocycles. The standard InChI is InChI=1S/C15H20N2O4/c1-16(2)15(19)10-7-14(18)17(9-10)12-6-5-11(20-3)8-13(12)21-4/h5-6,8,10H,7,9H2,1-4H3/t10-/m1/s1. The van der Waals surface area contributed by atoms with Gasteiger partial charge in [-0.3, -0.25) is 9.59 Å². The smallest absolute Gasteiger partial charge is 0.227 e. The fraction of sp³-hybridized carbons (Fsp3) is 0.467. The summed E-state index contributed by atoms with van der Waals surface area (Å²) in [5.41, 5.74) is 0.664. The lowest BCUT2D eigenvalue weighted by Gasteiger charge is -2.20. The number of hydrogen-bond acceptors (Lipinski definition) is 4. The van der Waals surface area contributed by atoms with Gasteiger partial charge in [0.1, 0.15) is 11.5 Å². The van der Waals surface area contributed by atoms with E-state index in [0.29, 0.717) is 23.7 Å². The van der Waals surface area contributed by atoms with E-state index in [1.54, 1.807) is 51.4 Å². The lowest BCUT2D eigenvalue weighted by atomic mass is 10.1. The Bertz CT molecular complexity index is 557. The topological polar surface area (TPSA) is 59.1 Å². The van der Waals surface area contributed by atoms with Crippen LogP contribution in [0.2, 0.25) is 0 Å². The zero-order chi connectivity index (χ0) is 15.6. The summed E-state index contributed by atoms with van der Waals surface area (Å²) < 4.78 is 10.5. The zero-order valence-corrected chi connectivity index (χ0v) is 12.8. The molecule has 2 amide bonds. The summed E-state index contributed by atoms with van der Waals surface area (Å²) in [5.74, 6) is 0.806. The number of ether oxygens (including phenoxy) is 2. The van der Waals surface area contributed by atoms with E-state index in [-0.39, 0.29) is 24.2 Å². The van der Waals surface area contributed by atoms with E-state index in [9.17, 15) is 9.59 Å². The van der Waals surface area contributed by atoms with Gasteiger partial charge in [-0.1, -0.05) is 0 Å². The SMILES string of the molecule is COc1ccc(N2C[C@H](C(=O)N(C)C)CC2=O)c(OC)c1. The van der Waals surface area contributed by atoms with E-state index in [2.05, 4.69) is 0 Å². The lowest BCUT2D eigenvalue weighted by Crippen LogP contribution is -2.32. The van der Waals surface area contributed by atoms with E-state index < -0.39 is 0 Å². The van der Waals surface area contributed by atoms with E-state index in [4.69, 9.17) is 9.47 Å². The number of methoxy groups -OCH3 is 2. The average molecular weight is 292 g/mol. The van der Waals surface area contributed by atoms with E-state index >= 15 is 0 Å². The summed E-state index contributed by atoms with van der Waals surface area (Å²) in [7, 11) is 6.51. The molecule has 1 atom stereocenters. The highest BCUT2D eigenvalue weighted by atomic mass is 16.5. The van der Waals surface area contributed by atoms with Gasteiger partial charge in [-0.15, -0.1) is 0 Å². The third kappa shape index (κ3) is 2.94. The highest BCUT2D eigenvalue weighted by Gasteiger charge is 2.36. The molecule has 0 bridgehead atoms. The fourth-order valence-electron chi connectivity index (χ4n) is 2.48. The van der Waals surface area contributed by atoms with Crippen molar-refractivity contribution in [2.45, 2.75) is 6.42 Å². The maximum atomic E-state index is 12.2. The third-order valence-electron chi connectivity index (χ3n) is 3.59. The fourth-order valence-corrected chi connectivity index (χ4v) is 2.48. The Morgan fingerprint density at radius 2 is 2.00 bits per heavy atom. The Labute approximate surface area is 124 Å². The molecule has 1 aliphatic rings. The van der Waals surface area contributed by atoms with Crippen molar-refractivity contribution in [2.24, 2.45) is 5.92 Å². The molecule has 1 heterocycles. The number of carbonyl (C=O) groups is 2. The number of anilines is 1. The second-order valence-corrected chi connectivity index (χ2v) is 5.18. The van der Waals surface area contributed by atoms with Crippen molar-refractivity contribution >= 4 is 17.5 Å². The van der Waals surface area contributed by atoms with Gasteiger partial charge in [-0.2, -0.15) is 0 Å². The number of carbonyl (C=O) groups excluding carboxylic acids is 2. The average Bonchev–Trinajstić information content (AvgIpc) is 2.87. The predicted octanol–water partition coefficient (Wildman–Crippen LogP) is 1.14. The Kier molecular flexibility index (Phi) is 4.35. The number of amides is 2. The second kappa shape index (κ2) is 6.03. The van der Waals surface area contributed by atoms with Crippen LogP contribution in [0, 0.1) is 5.92 Å². The molecule has 0 aromatic heterocycles. The van der Waals surface area contributed by atoms with E-state index in [1.807, 2.05) is 0 Å². The Morgan fingerprint density at radius 1 is 1.29 bits per heavy atom. The molecule has 0 unspecified atom stereocenters. The maximum absolute atomic E-state index is 12.2. The highest BCUT2D eigenvalue weighted by molar-refractivity contribution is 6.01. The van der Waals surface area contributed by atoms with Crippen LogP contribution in [0.4, 0.5) is 5.69 Å². The second-order valence-electron chi connectivity index (χ2n) is 5.18. The number of nitrogens with zero attached hydrogens (tertiary/aromatic N) is 2. The van der Waals surface area contributed by atoms with Crippen LogP contribution in [0.1, 0.15) is 6.42 Å². The van der Waals surface area contributed by atoms with Crippen molar-refractivity contribution in [1.29, 1.82) is 0 Å². The molecule has 1 aromatic rings. The molecule has 21 heavy (non-hydrogen) atoms. The first kappa shape index (κ1) is 15.2. The molecule has 6 nitrogen and oxygen atoms in total. The van der Waals surface area contributed by atoms with Gasteiger partial charge in [0, 0.05) is 33.1 Å². The molecule has 0 saturated carbocycles. The number of rotatable bonds is 4. The summed E-state index contributed by atoms with van der Waals surface area (Å²) in [6.45, 7) is 0.374. The Balaban J connectivity index is 2.26. The van der Waals surface area contributed by atoms with Crippen LogP contribution >= 0.6 is 0 Å². The quantitative estimate of drug-likeness (QED) is 0.835. The van der Waals surface area contributed by atoms with E-state index in [0.717, 1.165) is 0 Å². The number of benzene rings is 1. The van der Waals surface area contributed by atoms with Crippen LogP contribution in [-0.2, 0) is 9.59 Å². The minimum Gasteiger partial charge on any atom is -0.497 e. The van der Waals surface area contributed by atoms with Gasteiger partial charge in [-0.25, -0.2) is 0 Å². The van der Waals surface area contributed by atoms with Crippen molar-refractivity contribution in [3.8, 4) is 11.5 Å². The molecular formula is C15H20N2O4. The summed E-state index contributed by atoms with van der Waals surface area (Å²) in [6.07, 6.45) is 0.228. The van der Waals surface area contributed by atoms with Gasteiger partial charge >= 0.3 is 0 Å². The van der Waals surface area contributed by atoms with Crippen LogP contribution in [-0.4, -0.2) is 51.6 Å². The molecule has 0 spiro atoms. The molecule has 1 fully saturated rings. The first-order valence-corrected chi connectivity index (χ1v) is 6.71. The maximum Gasteiger partial charge on any atom is 0.227 e. The van der Waals surface area contributed by atoms with Crippen molar-refractivity contribution < 1.29 is 19.1 Å². The van der Waals surface area contributed by atoms with Crippen molar-refractivity contribution in [2.75, 3.05) is 39.8 Å². The molecule has 1 saturated heterocycles. The summed E-state index contributed by atoms with van der Waals surface area (Å²) in [6, 6.07) is 5.27. The Morgan fingerprint density at radius 3 is 2.57 bits per heavy atom. The molecule has 0 N–H and O–H groups in total. The molecule has 114 valence electrons. The monoisotopic (exact) mass is 292 g/mol. The van der Waals surface area contributed by atoms with Gasteiger partial charge in [0.05, 0.1) is 25.8 Å². The zero-order valence-electron chi connectivity index (χ0n) is 12.8. The Hall–Kier alpha value is -2.24. The molecule has 2 rings (SSSR count). The normalized spacial score (nSPS) is 17.8. The van der Waals surface area contributed by atoms with Crippen LogP contribution < -0.4 is 14.4 Å². The van der Waals surface area contributed by atoms with Gasteiger partial charge in [0.2, 0.25) is 11.8 Å². The van der Waals surface area contributed by atoms with E-state index in [1.165, 1.54) is 4.90 Å². The van der Waals surface area contributed by atoms with Crippen LogP contribution in [0.25, 0.3) is 0 Å². The molecule has 6 heteroatoms. The summed E-state index contributed by atoms with van der Waals surface area (Å²) in [5, 5.41) is 0. The first-order chi connectivity index (χ1) is 9.97. The third-order valence-corrected chi connectivity index (χ3v) is 3.59. The van der Waals surface area contributed by atoms with Gasteiger partial charge in [0.15, 0.2) is 0 Å². The van der Waals surface area contributed by atoms with Crippen LogP contribution in [0.3, 0.4) is 0 Å². The van der Waals surface area contributed by atoms with Gasteiger partial charge < -0.3 is 19.3 Å². The van der Waals surface area contributed by atoms with Crippen molar-refractivity contribution in [3.05, 3.63) is 18.2 Å². The van der Waals surface area contributed by atoms with Crippen molar-refractivity contribution in [1.82, 2.24) is 4.90 Å². The van der Waals surface area contributed by atoms with Crippen LogP contribution in [0.15, 0.2) is 18.2 Å². The summed E-state index contributed by atoms with van der Waals surface area (Å²) >= 11 is 0. The first-order valence-electron chi connectivity index (χ1n) is 6.71. The molecular weight excluding hydrogens is 272 g/mol.